The minimum absolute atomic E-state index is 0.201. The molecule has 0 unspecified atom stereocenters. The van der Waals surface area contributed by atoms with Gasteiger partial charge in [-0.25, -0.2) is 4.79 Å². The van der Waals surface area contributed by atoms with Crippen LogP contribution in [0.1, 0.15) is 15.2 Å². The number of carboxylic acids is 1. The zero-order valence-corrected chi connectivity index (χ0v) is 9.70. The monoisotopic (exact) mass is 249 g/mol. The second-order valence-corrected chi connectivity index (χ2v) is 4.51. The largest absolute Gasteiger partial charge is 0.508 e. The molecule has 1 aromatic carbocycles. The SMILES string of the molecule is O=C(O)c1csc(CNc2cccc(O)c2)c1. The Balaban J connectivity index is 2.00. The summed E-state index contributed by atoms with van der Waals surface area (Å²) in [7, 11) is 0. The maximum Gasteiger partial charge on any atom is 0.336 e. The number of anilines is 1. The standard InChI is InChI=1S/C12H11NO3S/c14-10-3-1-2-9(5-10)13-6-11-4-8(7-17-11)12(15)16/h1-5,7,13-14H,6H2,(H,15,16). The number of thiophene rings is 1. The highest BCUT2D eigenvalue weighted by molar-refractivity contribution is 7.10. The summed E-state index contributed by atoms with van der Waals surface area (Å²) in [4.78, 5) is 11.6. The van der Waals surface area contributed by atoms with Gasteiger partial charge in [0.2, 0.25) is 0 Å². The molecule has 1 heterocycles. The lowest BCUT2D eigenvalue weighted by Gasteiger charge is -2.04. The zero-order chi connectivity index (χ0) is 12.3. The Morgan fingerprint density at radius 2 is 2.18 bits per heavy atom. The molecule has 0 saturated carbocycles. The van der Waals surface area contributed by atoms with Crippen molar-refractivity contribution in [3.63, 3.8) is 0 Å². The van der Waals surface area contributed by atoms with Crippen LogP contribution in [0.3, 0.4) is 0 Å². The summed E-state index contributed by atoms with van der Waals surface area (Å²) in [6.45, 7) is 0.543. The van der Waals surface area contributed by atoms with Crippen LogP contribution in [0.25, 0.3) is 0 Å². The molecule has 1 aromatic heterocycles. The number of nitrogens with one attached hydrogen (secondary N) is 1. The van der Waals surface area contributed by atoms with Gasteiger partial charge in [0.05, 0.1) is 5.56 Å². The van der Waals surface area contributed by atoms with Gasteiger partial charge in [0.15, 0.2) is 0 Å². The zero-order valence-electron chi connectivity index (χ0n) is 8.88. The molecule has 2 rings (SSSR count). The number of benzene rings is 1. The van der Waals surface area contributed by atoms with Crippen molar-refractivity contribution in [3.8, 4) is 5.75 Å². The number of hydrogen-bond acceptors (Lipinski definition) is 4. The molecule has 3 N–H and O–H groups in total. The normalized spacial score (nSPS) is 10.1. The quantitative estimate of drug-likeness (QED) is 0.779. The van der Waals surface area contributed by atoms with E-state index in [1.165, 1.54) is 11.3 Å². The summed E-state index contributed by atoms with van der Waals surface area (Å²) >= 11 is 1.40. The Kier molecular flexibility index (Phi) is 3.30. The van der Waals surface area contributed by atoms with Crippen LogP contribution in [0.5, 0.6) is 5.75 Å². The van der Waals surface area contributed by atoms with Crippen LogP contribution in [0.4, 0.5) is 5.69 Å². The van der Waals surface area contributed by atoms with E-state index >= 15 is 0 Å². The van der Waals surface area contributed by atoms with Crippen LogP contribution < -0.4 is 5.32 Å². The second-order valence-electron chi connectivity index (χ2n) is 3.51. The highest BCUT2D eigenvalue weighted by Crippen LogP contribution is 2.19. The maximum absolute atomic E-state index is 10.7. The summed E-state index contributed by atoms with van der Waals surface area (Å²) in [6, 6.07) is 8.44. The fourth-order valence-electron chi connectivity index (χ4n) is 1.39. The maximum atomic E-state index is 10.7. The van der Waals surface area contributed by atoms with E-state index < -0.39 is 5.97 Å². The van der Waals surface area contributed by atoms with Gasteiger partial charge in [0.25, 0.3) is 0 Å². The minimum atomic E-state index is -0.912. The lowest BCUT2D eigenvalue weighted by atomic mass is 10.3. The Labute approximate surface area is 102 Å². The summed E-state index contributed by atoms with van der Waals surface area (Å²) in [5, 5.41) is 22.8. The lowest BCUT2D eigenvalue weighted by molar-refractivity contribution is 0.0697. The molecular formula is C12H11NO3S. The van der Waals surface area contributed by atoms with E-state index in [0.29, 0.717) is 12.1 Å². The van der Waals surface area contributed by atoms with E-state index in [-0.39, 0.29) is 5.75 Å². The van der Waals surface area contributed by atoms with Gasteiger partial charge in [-0.3, -0.25) is 0 Å². The van der Waals surface area contributed by atoms with Gasteiger partial charge in [-0.1, -0.05) is 6.07 Å². The van der Waals surface area contributed by atoms with Gasteiger partial charge in [-0.05, 0) is 18.2 Å². The molecule has 0 spiro atoms. The van der Waals surface area contributed by atoms with Gasteiger partial charge in [-0.15, -0.1) is 11.3 Å². The smallest absolute Gasteiger partial charge is 0.336 e. The van der Waals surface area contributed by atoms with Crippen molar-refractivity contribution in [3.05, 3.63) is 46.2 Å². The third kappa shape index (κ3) is 2.98. The molecule has 0 aliphatic carbocycles. The van der Waals surface area contributed by atoms with Gasteiger partial charge >= 0.3 is 5.97 Å². The molecule has 0 aliphatic heterocycles. The number of aromatic hydroxyl groups is 1. The molecule has 0 atom stereocenters. The first-order valence-electron chi connectivity index (χ1n) is 4.99. The first-order chi connectivity index (χ1) is 8.15. The fraction of sp³-hybridized carbons (Fsp3) is 0.0833. The Bertz CT molecular complexity index is 536. The molecule has 0 bridgehead atoms. The third-order valence-corrected chi connectivity index (χ3v) is 3.15. The number of carbonyl (C=O) groups is 1. The van der Waals surface area contributed by atoms with Crippen molar-refractivity contribution < 1.29 is 15.0 Å². The Hall–Kier alpha value is -2.01. The van der Waals surface area contributed by atoms with Crippen LogP contribution in [0, 0.1) is 0 Å². The van der Waals surface area contributed by atoms with Crippen molar-refractivity contribution in [1.82, 2.24) is 0 Å². The van der Waals surface area contributed by atoms with E-state index in [0.717, 1.165) is 10.6 Å². The van der Waals surface area contributed by atoms with Crippen LogP contribution in [0.2, 0.25) is 0 Å². The van der Waals surface area contributed by atoms with Gasteiger partial charge in [0, 0.05) is 28.6 Å². The van der Waals surface area contributed by atoms with Crippen molar-refractivity contribution >= 4 is 23.0 Å². The van der Waals surface area contributed by atoms with E-state index in [4.69, 9.17) is 5.11 Å². The number of carboxylic acid groups (broad SMARTS) is 1. The molecule has 2 aromatic rings. The highest BCUT2D eigenvalue weighted by Gasteiger charge is 2.06. The average Bonchev–Trinajstić information content (AvgIpc) is 2.75. The Morgan fingerprint density at radius 3 is 2.82 bits per heavy atom. The number of hydrogen-bond donors (Lipinski definition) is 3. The molecule has 0 saturated heterocycles. The molecular weight excluding hydrogens is 238 g/mol. The predicted octanol–water partition coefficient (Wildman–Crippen LogP) is 2.76. The van der Waals surface area contributed by atoms with E-state index in [1.54, 1.807) is 29.6 Å². The number of phenols is 1. The van der Waals surface area contributed by atoms with Crippen LogP contribution in [-0.4, -0.2) is 16.2 Å². The van der Waals surface area contributed by atoms with Crippen molar-refractivity contribution in [2.24, 2.45) is 0 Å². The molecule has 88 valence electrons. The first kappa shape index (κ1) is 11.5. The summed E-state index contributed by atoms with van der Waals surface area (Å²) < 4.78 is 0. The number of phenolic OH excluding ortho intramolecular Hbond substituents is 1. The molecule has 4 nitrogen and oxygen atoms in total. The highest BCUT2D eigenvalue weighted by atomic mass is 32.1. The van der Waals surface area contributed by atoms with Gasteiger partial charge < -0.3 is 15.5 Å². The van der Waals surface area contributed by atoms with E-state index in [1.807, 2.05) is 6.07 Å². The van der Waals surface area contributed by atoms with Crippen LogP contribution >= 0.6 is 11.3 Å². The second kappa shape index (κ2) is 4.88. The lowest BCUT2D eigenvalue weighted by Crippen LogP contribution is -1.97. The number of rotatable bonds is 4. The number of aromatic carboxylic acids is 1. The summed E-state index contributed by atoms with van der Waals surface area (Å²) in [5.74, 6) is -0.711. The average molecular weight is 249 g/mol. The topological polar surface area (TPSA) is 69.6 Å². The van der Waals surface area contributed by atoms with Crippen LogP contribution in [0.15, 0.2) is 35.7 Å². The van der Waals surface area contributed by atoms with Gasteiger partial charge in [-0.2, -0.15) is 0 Å². The molecule has 0 amide bonds. The first-order valence-corrected chi connectivity index (χ1v) is 5.87. The van der Waals surface area contributed by atoms with Gasteiger partial charge in [0.1, 0.15) is 5.75 Å². The molecule has 5 heteroatoms. The Morgan fingerprint density at radius 1 is 1.35 bits per heavy atom. The molecule has 0 fully saturated rings. The summed E-state index contributed by atoms with van der Waals surface area (Å²) in [5.41, 5.74) is 1.11. The van der Waals surface area contributed by atoms with E-state index in [9.17, 15) is 9.90 Å². The molecule has 17 heavy (non-hydrogen) atoms. The minimum Gasteiger partial charge on any atom is -0.508 e. The molecule has 0 radical (unpaired) electrons. The summed E-state index contributed by atoms with van der Waals surface area (Å²) in [6.07, 6.45) is 0. The molecule has 0 aliphatic rings. The van der Waals surface area contributed by atoms with Crippen molar-refractivity contribution in [2.45, 2.75) is 6.54 Å². The predicted molar refractivity (Wildman–Crippen MR) is 66.7 cm³/mol. The van der Waals surface area contributed by atoms with Crippen molar-refractivity contribution in [1.29, 1.82) is 0 Å². The van der Waals surface area contributed by atoms with Crippen LogP contribution in [-0.2, 0) is 6.54 Å². The third-order valence-electron chi connectivity index (χ3n) is 2.21. The fourth-order valence-corrected chi connectivity index (χ4v) is 2.19. The van der Waals surface area contributed by atoms with Crippen molar-refractivity contribution in [2.75, 3.05) is 5.32 Å². The van der Waals surface area contributed by atoms with E-state index in [2.05, 4.69) is 5.32 Å².